The van der Waals surface area contributed by atoms with Crippen LogP contribution in [0.3, 0.4) is 0 Å². The van der Waals surface area contributed by atoms with Gasteiger partial charge in [0.15, 0.2) is 0 Å². The van der Waals surface area contributed by atoms with Crippen LogP contribution in [0.25, 0.3) is 0 Å². The molecule has 1 aliphatic rings. The van der Waals surface area contributed by atoms with Crippen LogP contribution in [0.2, 0.25) is 0 Å². The second-order valence-corrected chi connectivity index (χ2v) is 6.03. The molecule has 0 spiro atoms. The number of hydrogen-bond donors (Lipinski definition) is 1. The number of nitrogens with zero attached hydrogens (tertiary/aromatic N) is 1. The standard InChI is InChI=1S/C13H28N2/c1-5-11-8-6-7-9-15(11)10-12(14)13(2,3)4/h11-12H,5-10,14H2,1-4H3. The highest BCUT2D eigenvalue weighted by molar-refractivity contribution is 4.84. The molecule has 0 aromatic carbocycles. The van der Waals surface area contributed by atoms with Gasteiger partial charge in [-0.2, -0.15) is 0 Å². The van der Waals surface area contributed by atoms with Crippen LogP contribution in [-0.2, 0) is 0 Å². The van der Waals surface area contributed by atoms with Gasteiger partial charge in [-0.3, -0.25) is 4.90 Å². The van der Waals surface area contributed by atoms with Crippen LogP contribution in [0, 0.1) is 5.41 Å². The molecule has 0 aromatic rings. The van der Waals surface area contributed by atoms with Crippen LogP contribution in [0.1, 0.15) is 53.4 Å². The van der Waals surface area contributed by atoms with E-state index in [0.29, 0.717) is 6.04 Å². The van der Waals surface area contributed by atoms with Gasteiger partial charge < -0.3 is 5.73 Å². The first-order valence-electron chi connectivity index (χ1n) is 6.44. The van der Waals surface area contributed by atoms with Crippen molar-refractivity contribution >= 4 is 0 Å². The topological polar surface area (TPSA) is 29.3 Å². The maximum Gasteiger partial charge on any atom is 0.0217 e. The van der Waals surface area contributed by atoms with Gasteiger partial charge >= 0.3 is 0 Å². The van der Waals surface area contributed by atoms with E-state index in [4.69, 9.17) is 5.73 Å². The largest absolute Gasteiger partial charge is 0.326 e. The Bertz CT molecular complexity index is 183. The summed E-state index contributed by atoms with van der Waals surface area (Å²) in [5.74, 6) is 0. The highest BCUT2D eigenvalue weighted by Crippen LogP contribution is 2.23. The summed E-state index contributed by atoms with van der Waals surface area (Å²) in [5.41, 5.74) is 6.49. The summed E-state index contributed by atoms with van der Waals surface area (Å²) in [5, 5.41) is 0. The Hall–Kier alpha value is -0.0800. The van der Waals surface area contributed by atoms with E-state index in [1.54, 1.807) is 0 Å². The minimum Gasteiger partial charge on any atom is -0.326 e. The summed E-state index contributed by atoms with van der Waals surface area (Å²) in [7, 11) is 0. The Morgan fingerprint density at radius 2 is 2.00 bits per heavy atom. The maximum absolute atomic E-state index is 6.26. The molecular formula is C13H28N2. The Kier molecular flexibility index (Phi) is 4.60. The molecule has 2 unspecified atom stereocenters. The third-order valence-corrected chi connectivity index (χ3v) is 3.76. The molecule has 1 saturated heterocycles. The normalized spacial score (nSPS) is 26.6. The molecule has 1 rings (SSSR count). The summed E-state index contributed by atoms with van der Waals surface area (Å²) in [6.45, 7) is 11.3. The fourth-order valence-corrected chi connectivity index (χ4v) is 2.29. The maximum atomic E-state index is 6.26. The van der Waals surface area contributed by atoms with E-state index in [-0.39, 0.29) is 5.41 Å². The zero-order chi connectivity index (χ0) is 11.5. The van der Waals surface area contributed by atoms with E-state index < -0.39 is 0 Å². The second kappa shape index (κ2) is 5.31. The summed E-state index contributed by atoms with van der Waals surface area (Å²) < 4.78 is 0. The molecule has 1 fully saturated rings. The molecule has 2 atom stereocenters. The first kappa shape index (κ1) is 13.0. The average molecular weight is 212 g/mol. The Labute approximate surface area is 95.2 Å². The van der Waals surface area contributed by atoms with Gasteiger partial charge in [-0.1, -0.05) is 34.1 Å². The van der Waals surface area contributed by atoms with Crippen molar-refractivity contribution in [2.75, 3.05) is 13.1 Å². The summed E-state index contributed by atoms with van der Waals surface area (Å²) >= 11 is 0. The van der Waals surface area contributed by atoms with Gasteiger partial charge in [-0.15, -0.1) is 0 Å². The zero-order valence-corrected chi connectivity index (χ0v) is 10.9. The minimum absolute atomic E-state index is 0.232. The molecule has 2 nitrogen and oxygen atoms in total. The Morgan fingerprint density at radius 1 is 1.33 bits per heavy atom. The van der Waals surface area contributed by atoms with Crippen LogP contribution in [0.5, 0.6) is 0 Å². The lowest BCUT2D eigenvalue weighted by molar-refractivity contribution is 0.113. The molecule has 1 heterocycles. The third-order valence-electron chi connectivity index (χ3n) is 3.76. The summed E-state index contributed by atoms with van der Waals surface area (Å²) in [4.78, 5) is 2.61. The predicted octanol–water partition coefficient (Wildman–Crippen LogP) is 2.62. The lowest BCUT2D eigenvalue weighted by Crippen LogP contribution is -2.50. The number of hydrogen-bond acceptors (Lipinski definition) is 2. The molecule has 15 heavy (non-hydrogen) atoms. The number of nitrogens with two attached hydrogens (primary N) is 1. The van der Waals surface area contributed by atoms with Crippen molar-refractivity contribution in [3.05, 3.63) is 0 Å². The van der Waals surface area contributed by atoms with Crippen molar-refractivity contribution in [1.29, 1.82) is 0 Å². The van der Waals surface area contributed by atoms with E-state index in [9.17, 15) is 0 Å². The fraction of sp³-hybridized carbons (Fsp3) is 1.00. The molecule has 2 heteroatoms. The first-order chi connectivity index (χ1) is 6.95. The smallest absolute Gasteiger partial charge is 0.0217 e. The minimum atomic E-state index is 0.232. The van der Waals surface area contributed by atoms with Crippen molar-refractivity contribution in [2.45, 2.75) is 65.5 Å². The van der Waals surface area contributed by atoms with Gasteiger partial charge in [0.1, 0.15) is 0 Å². The van der Waals surface area contributed by atoms with Crippen molar-refractivity contribution in [1.82, 2.24) is 4.90 Å². The van der Waals surface area contributed by atoms with Crippen molar-refractivity contribution < 1.29 is 0 Å². The van der Waals surface area contributed by atoms with E-state index in [1.807, 2.05) is 0 Å². The van der Waals surface area contributed by atoms with Gasteiger partial charge in [-0.25, -0.2) is 0 Å². The monoisotopic (exact) mass is 212 g/mol. The molecule has 1 aliphatic heterocycles. The number of rotatable bonds is 3. The van der Waals surface area contributed by atoms with Gasteiger partial charge in [0.05, 0.1) is 0 Å². The van der Waals surface area contributed by atoms with Gasteiger partial charge in [0, 0.05) is 18.6 Å². The van der Waals surface area contributed by atoms with Crippen LogP contribution in [0.15, 0.2) is 0 Å². The number of likely N-dealkylation sites (tertiary alicyclic amines) is 1. The average Bonchev–Trinajstić information content (AvgIpc) is 2.17. The molecule has 0 bridgehead atoms. The third kappa shape index (κ3) is 3.76. The van der Waals surface area contributed by atoms with E-state index in [2.05, 4.69) is 32.6 Å². The van der Waals surface area contributed by atoms with E-state index in [0.717, 1.165) is 12.6 Å². The van der Waals surface area contributed by atoms with Crippen molar-refractivity contribution in [3.63, 3.8) is 0 Å². The molecule has 0 radical (unpaired) electrons. The van der Waals surface area contributed by atoms with E-state index >= 15 is 0 Å². The summed E-state index contributed by atoms with van der Waals surface area (Å²) in [6, 6.07) is 1.08. The molecule has 0 saturated carbocycles. The molecule has 90 valence electrons. The van der Waals surface area contributed by atoms with Crippen molar-refractivity contribution in [3.8, 4) is 0 Å². The highest BCUT2D eigenvalue weighted by Gasteiger charge is 2.27. The zero-order valence-electron chi connectivity index (χ0n) is 10.9. The van der Waals surface area contributed by atoms with Gasteiger partial charge in [-0.05, 0) is 31.2 Å². The molecule has 0 aliphatic carbocycles. The highest BCUT2D eigenvalue weighted by atomic mass is 15.2. The van der Waals surface area contributed by atoms with Gasteiger partial charge in [0.2, 0.25) is 0 Å². The quantitative estimate of drug-likeness (QED) is 0.779. The second-order valence-electron chi connectivity index (χ2n) is 6.03. The predicted molar refractivity (Wildman–Crippen MR) is 66.9 cm³/mol. The van der Waals surface area contributed by atoms with Crippen LogP contribution < -0.4 is 5.73 Å². The Balaban J connectivity index is 2.48. The van der Waals surface area contributed by atoms with Crippen molar-refractivity contribution in [2.24, 2.45) is 11.1 Å². The van der Waals surface area contributed by atoms with Crippen LogP contribution >= 0.6 is 0 Å². The molecular weight excluding hydrogens is 184 g/mol. The lowest BCUT2D eigenvalue weighted by atomic mass is 9.86. The summed E-state index contributed by atoms with van der Waals surface area (Å²) in [6.07, 6.45) is 5.40. The Morgan fingerprint density at radius 3 is 2.53 bits per heavy atom. The van der Waals surface area contributed by atoms with Gasteiger partial charge in [0.25, 0.3) is 0 Å². The van der Waals surface area contributed by atoms with E-state index in [1.165, 1.54) is 32.2 Å². The SMILES string of the molecule is CCC1CCCCN1CC(N)C(C)(C)C. The molecule has 2 N–H and O–H groups in total. The molecule has 0 aromatic heterocycles. The molecule has 0 amide bonds. The first-order valence-corrected chi connectivity index (χ1v) is 6.44. The van der Waals surface area contributed by atoms with Crippen LogP contribution in [0.4, 0.5) is 0 Å². The van der Waals surface area contributed by atoms with Crippen LogP contribution in [-0.4, -0.2) is 30.1 Å². The number of piperidine rings is 1. The lowest BCUT2D eigenvalue weighted by Gasteiger charge is -2.39. The fourth-order valence-electron chi connectivity index (χ4n) is 2.29.